The smallest absolute Gasteiger partial charge is 0.244 e. The van der Waals surface area contributed by atoms with Gasteiger partial charge in [-0.2, -0.15) is 5.10 Å². The number of hydrogen-bond donors (Lipinski definition) is 1. The normalized spacial score (nSPS) is 17.8. The van der Waals surface area contributed by atoms with Crippen LogP contribution in [0.5, 0.6) is 5.75 Å². The molecule has 0 bridgehead atoms. The van der Waals surface area contributed by atoms with E-state index in [1.165, 1.54) is 0 Å². The Bertz CT molecular complexity index is 708. The van der Waals surface area contributed by atoms with Gasteiger partial charge in [0, 0.05) is 25.3 Å². The number of aryl methyl sites for hydroxylation is 2. The van der Waals surface area contributed by atoms with Crippen LogP contribution < -0.4 is 10.1 Å². The lowest BCUT2D eigenvalue weighted by molar-refractivity contribution is -0.135. The molecule has 2 heterocycles. The molecule has 1 aliphatic heterocycles. The number of carbonyl (C=O) groups is 1. The van der Waals surface area contributed by atoms with Gasteiger partial charge in [0.1, 0.15) is 12.3 Å². The maximum Gasteiger partial charge on any atom is 0.244 e. The summed E-state index contributed by atoms with van der Waals surface area (Å²) in [6.45, 7) is 6.48. The zero-order chi connectivity index (χ0) is 17.1. The van der Waals surface area contributed by atoms with Crippen LogP contribution in [-0.2, 0) is 11.3 Å². The third-order valence-corrected chi connectivity index (χ3v) is 4.45. The zero-order valence-corrected chi connectivity index (χ0v) is 14.5. The summed E-state index contributed by atoms with van der Waals surface area (Å²) in [5, 5.41) is 7.78. The number of rotatable bonds is 4. The van der Waals surface area contributed by atoms with Crippen molar-refractivity contribution >= 4 is 5.91 Å². The predicted molar refractivity (Wildman–Crippen MR) is 92.0 cm³/mol. The highest BCUT2D eigenvalue weighted by Crippen LogP contribution is 2.24. The molecule has 1 amide bonds. The van der Waals surface area contributed by atoms with Crippen molar-refractivity contribution in [3.63, 3.8) is 0 Å². The topological polar surface area (TPSA) is 59.4 Å². The largest absolute Gasteiger partial charge is 0.497 e. The summed E-state index contributed by atoms with van der Waals surface area (Å²) in [5.41, 5.74) is 3.06. The van der Waals surface area contributed by atoms with Crippen LogP contribution in [0.25, 0.3) is 0 Å². The molecule has 1 aromatic heterocycles. The highest BCUT2D eigenvalue weighted by Gasteiger charge is 2.28. The van der Waals surface area contributed by atoms with Gasteiger partial charge in [0.05, 0.1) is 18.8 Å². The number of hydrogen-bond acceptors (Lipinski definition) is 4. The van der Waals surface area contributed by atoms with Gasteiger partial charge in [0.15, 0.2) is 0 Å². The van der Waals surface area contributed by atoms with Crippen LogP contribution in [-0.4, -0.2) is 47.3 Å². The van der Waals surface area contributed by atoms with Crippen LogP contribution in [0.2, 0.25) is 0 Å². The Labute approximate surface area is 142 Å². The first-order valence-corrected chi connectivity index (χ1v) is 8.23. The lowest BCUT2D eigenvalue weighted by atomic mass is 10.0. The quantitative estimate of drug-likeness (QED) is 0.928. The van der Waals surface area contributed by atoms with E-state index in [9.17, 15) is 4.79 Å². The number of amides is 1. The molecule has 0 spiro atoms. The molecule has 1 aliphatic rings. The number of benzene rings is 1. The maximum absolute atomic E-state index is 12.8. The molecule has 0 unspecified atom stereocenters. The minimum Gasteiger partial charge on any atom is -0.497 e. The number of methoxy groups -OCH3 is 1. The Morgan fingerprint density at radius 2 is 2.08 bits per heavy atom. The molecule has 1 atom stereocenters. The molecule has 6 heteroatoms. The highest BCUT2D eigenvalue weighted by atomic mass is 16.5. The first kappa shape index (κ1) is 16.5. The summed E-state index contributed by atoms with van der Waals surface area (Å²) >= 11 is 0. The summed E-state index contributed by atoms with van der Waals surface area (Å²) in [6.07, 6.45) is 0. The van der Waals surface area contributed by atoms with Gasteiger partial charge in [0.2, 0.25) is 5.91 Å². The van der Waals surface area contributed by atoms with E-state index in [1.54, 1.807) is 11.8 Å². The van der Waals surface area contributed by atoms with E-state index in [0.717, 1.165) is 35.8 Å². The predicted octanol–water partition coefficient (Wildman–Crippen LogP) is 1.68. The van der Waals surface area contributed by atoms with Crippen molar-refractivity contribution in [2.45, 2.75) is 26.4 Å². The maximum atomic E-state index is 12.8. The van der Waals surface area contributed by atoms with Crippen molar-refractivity contribution in [2.75, 3.05) is 26.7 Å². The van der Waals surface area contributed by atoms with Crippen molar-refractivity contribution < 1.29 is 9.53 Å². The highest BCUT2D eigenvalue weighted by molar-refractivity contribution is 5.76. The molecule has 6 nitrogen and oxygen atoms in total. The summed E-state index contributed by atoms with van der Waals surface area (Å²) in [5.74, 6) is 0.923. The molecule has 3 rings (SSSR count). The van der Waals surface area contributed by atoms with Crippen LogP contribution in [0.4, 0.5) is 0 Å². The lowest BCUT2D eigenvalue weighted by Crippen LogP contribution is -2.49. The van der Waals surface area contributed by atoms with E-state index in [1.807, 2.05) is 49.1 Å². The van der Waals surface area contributed by atoms with E-state index in [4.69, 9.17) is 4.74 Å². The zero-order valence-electron chi connectivity index (χ0n) is 14.5. The molecule has 128 valence electrons. The molecule has 1 N–H and O–H groups in total. The second-order valence-corrected chi connectivity index (χ2v) is 6.16. The number of ether oxygens (including phenoxy) is 1. The van der Waals surface area contributed by atoms with Crippen molar-refractivity contribution in [3.05, 3.63) is 47.3 Å². The number of nitrogens with one attached hydrogen (secondary N) is 1. The van der Waals surface area contributed by atoms with E-state index < -0.39 is 0 Å². The number of piperazine rings is 1. The molecule has 0 radical (unpaired) electrons. The van der Waals surface area contributed by atoms with Crippen molar-refractivity contribution in [2.24, 2.45) is 0 Å². The molecule has 0 aliphatic carbocycles. The summed E-state index contributed by atoms with van der Waals surface area (Å²) < 4.78 is 7.00. The van der Waals surface area contributed by atoms with Gasteiger partial charge in [0.25, 0.3) is 0 Å². The van der Waals surface area contributed by atoms with Crippen LogP contribution in [0.1, 0.15) is 23.0 Å². The van der Waals surface area contributed by atoms with Gasteiger partial charge >= 0.3 is 0 Å². The van der Waals surface area contributed by atoms with Crippen LogP contribution in [0, 0.1) is 13.8 Å². The Morgan fingerprint density at radius 3 is 2.71 bits per heavy atom. The first-order valence-electron chi connectivity index (χ1n) is 8.23. The molecule has 2 aromatic rings. The van der Waals surface area contributed by atoms with Gasteiger partial charge in [-0.25, -0.2) is 0 Å². The third kappa shape index (κ3) is 3.43. The molecular weight excluding hydrogens is 304 g/mol. The monoisotopic (exact) mass is 328 g/mol. The molecular formula is C18H24N4O2. The fourth-order valence-electron chi connectivity index (χ4n) is 3.18. The number of carbonyl (C=O) groups excluding carboxylic acids is 1. The van der Waals surface area contributed by atoms with Crippen molar-refractivity contribution in [1.82, 2.24) is 20.0 Å². The minimum absolute atomic E-state index is 0.0362. The van der Waals surface area contributed by atoms with E-state index in [0.29, 0.717) is 6.54 Å². The Kier molecular flexibility index (Phi) is 4.85. The first-order chi connectivity index (χ1) is 11.6. The number of nitrogens with zero attached hydrogens (tertiary/aromatic N) is 3. The summed E-state index contributed by atoms with van der Waals surface area (Å²) in [7, 11) is 1.65. The fraction of sp³-hybridized carbons (Fsp3) is 0.444. The molecule has 1 aromatic carbocycles. The summed E-state index contributed by atoms with van der Waals surface area (Å²) in [6, 6.07) is 9.96. The average molecular weight is 328 g/mol. The Balaban J connectivity index is 1.78. The van der Waals surface area contributed by atoms with Gasteiger partial charge in [-0.3, -0.25) is 9.48 Å². The molecule has 1 fully saturated rings. The van der Waals surface area contributed by atoms with E-state index in [2.05, 4.69) is 10.4 Å². The van der Waals surface area contributed by atoms with Crippen LogP contribution in [0.3, 0.4) is 0 Å². The van der Waals surface area contributed by atoms with Gasteiger partial charge in [-0.05, 0) is 37.6 Å². The second kappa shape index (κ2) is 7.05. The molecule has 1 saturated heterocycles. The van der Waals surface area contributed by atoms with Crippen LogP contribution >= 0.6 is 0 Å². The average Bonchev–Trinajstić information content (AvgIpc) is 2.92. The third-order valence-electron chi connectivity index (χ3n) is 4.45. The standard InChI is InChI=1S/C18H24N4O2/c1-13-10-14(2)22(20-13)12-18(23)21-9-8-19-11-17(21)15-4-6-16(24-3)7-5-15/h4-7,10,17,19H,8-9,11-12H2,1-3H3/t17-/m1/s1. The molecule has 24 heavy (non-hydrogen) atoms. The van der Waals surface area contributed by atoms with Crippen LogP contribution in [0.15, 0.2) is 30.3 Å². The second-order valence-electron chi connectivity index (χ2n) is 6.16. The summed E-state index contributed by atoms with van der Waals surface area (Å²) in [4.78, 5) is 14.8. The Hall–Kier alpha value is -2.34. The Morgan fingerprint density at radius 1 is 1.33 bits per heavy atom. The van der Waals surface area contributed by atoms with Crippen molar-refractivity contribution in [1.29, 1.82) is 0 Å². The van der Waals surface area contributed by atoms with Gasteiger partial charge < -0.3 is 15.0 Å². The van der Waals surface area contributed by atoms with E-state index in [-0.39, 0.29) is 18.5 Å². The van der Waals surface area contributed by atoms with E-state index >= 15 is 0 Å². The fourth-order valence-corrected chi connectivity index (χ4v) is 3.18. The number of aromatic nitrogens is 2. The van der Waals surface area contributed by atoms with Crippen molar-refractivity contribution in [3.8, 4) is 5.75 Å². The molecule has 0 saturated carbocycles. The minimum atomic E-state index is 0.0362. The SMILES string of the molecule is COc1ccc([C@H]2CNCCN2C(=O)Cn2nc(C)cc2C)cc1. The lowest BCUT2D eigenvalue weighted by Gasteiger charge is -2.36. The van der Waals surface area contributed by atoms with Gasteiger partial charge in [-0.15, -0.1) is 0 Å². The van der Waals surface area contributed by atoms with Gasteiger partial charge in [-0.1, -0.05) is 12.1 Å².